The van der Waals surface area contributed by atoms with E-state index in [1.165, 1.54) is 6.08 Å². The van der Waals surface area contributed by atoms with Gasteiger partial charge in [0, 0.05) is 24.6 Å². The Hall–Kier alpha value is -2.27. The van der Waals surface area contributed by atoms with E-state index in [-0.39, 0.29) is 24.9 Å². The van der Waals surface area contributed by atoms with Crippen LogP contribution in [0.25, 0.3) is 17.0 Å². The van der Waals surface area contributed by atoms with Crippen molar-refractivity contribution < 1.29 is 19.1 Å². The van der Waals surface area contributed by atoms with Crippen LogP contribution in [0.15, 0.2) is 40.8 Å². The van der Waals surface area contributed by atoms with E-state index in [1.807, 2.05) is 30.3 Å². The highest BCUT2D eigenvalue weighted by Gasteiger charge is 2.29. The average Bonchev–Trinajstić information content (AvgIpc) is 3.11. The summed E-state index contributed by atoms with van der Waals surface area (Å²) in [6, 6.07) is 9.49. The normalized spacial score (nSPS) is 17.8. The molecule has 1 amide bonds. The zero-order valence-corrected chi connectivity index (χ0v) is 12.6. The number of benzene rings is 1. The van der Waals surface area contributed by atoms with Crippen LogP contribution in [0.4, 0.5) is 0 Å². The molecule has 1 aromatic carbocycles. The highest BCUT2D eigenvalue weighted by Crippen LogP contribution is 2.20. The van der Waals surface area contributed by atoms with Crippen LogP contribution in [-0.4, -0.2) is 35.0 Å². The van der Waals surface area contributed by atoms with Crippen molar-refractivity contribution in [2.24, 2.45) is 5.92 Å². The Bertz CT molecular complexity index is 689. The number of likely N-dealkylation sites (tertiary alicyclic amines) is 1. The first-order valence-corrected chi connectivity index (χ1v) is 6.82. The molecule has 2 heterocycles. The lowest BCUT2D eigenvalue weighted by molar-refractivity contribution is -0.141. The molecule has 1 aliphatic rings. The number of carboxylic acids is 1. The molecule has 22 heavy (non-hydrogen) atoms. The van der Waals surface area contributed by atoms with E-state index >= 15 is 0 Å². The van der Waals surface area contributed by atoms with Crippen molar-refractivity contribution in [1.82, 2.24) is 4.90 Å². The second-order valence-corrected chi connectivity index (χ2v) is 5.13. The summed E-state index contributed by atoms with van der Waals surface area (Å²) in [4.78, 5) is 24.4. The molecule has 0 bridgehead atoms. The Kier molecular flexibility index (Phi) is 4.88. The fraction of sp³-hybridized carbons (Fsp3) is 0.250. The van der Waals surface area contributed by atoms with Gasteiger partial charge in [-0.25, -0.2) is 0 Å². The molecule has 2 aromatic rings. The van der Waals surface area contributed by atoms with Gasteiger partial charge in [-0.1, -0.05) is 18.2 Å². The molecule has 1 saturated heterocycles. The number of furan rings is 1. The van der Waals surface area contributed by atoms with Gasteiger partial charge in [-0.3, -0.25) is 9.59 Å². The standard InChI is InChI=1S/C16H15NO4.ClH/c18-15(17-8-7-12(10-17)16(19)20)6-5-13-9-11-3-1-2-4-14(11)21-13;/h1-6,9,12H,7-8,10H2,(H,19,20);1H/b6-5+;. The highest BCUT2D eigenvalue weighted by atomic mass is 35.5. The largest absolute Gasteiger partial charge is 0.481 e. The molecule has 1 aromatic heterocycles. The third-order valence-electron chi connectivity index (χ3n) is 3.68. The molecule has 1 atom stereocenters. The van der Waals surface area contributed by atoms with Gasteiger partial charge in [0.1, 0.15) is 11.3 Å². The minimum Gasteiger partial charge on any atom is -0.481 e. The number of halogens is 1. The second kappa shape index (κ2) is 6.66. The number of para-hydroxylation sites is 1. The number of carboxylic acid groups (broad SMARTS) is 1. The quantitative estimate of drug-likeness (QED) is 0.882. The number of carbonyl (C=O) groups excluding carboxylic acids is 1. The summed E-state index contributed by atoms with van der Waals surface area (Å²) in [5.41, 5.74) is 0.775. The number of hydrogen-bond donors (Lipinski definition) is 1. The molecule has 1 fully saturated rings. The van der Waals surface area contributed by atoms with E-state index < -0.39 is 11.9 Å². The van der Waals surface area contributed by atoms with Crippen LogP contribution in [0.3, 0.4) is 0 Å². The molecule has 0 aliphatic carbocycles. The number of hydrogen-bond acceptors (Lipinski definition) is 3. The first-order chi connectivity index (χ1) is 10.1. The Morgan fingerprint density at radius 2 is 2.09 bits per heavy atom. The Labute approximate surface area is 133 Å². The lowest BCUT2D eigenvalue weighted by Crippen LogP contribution is -2.28. The monoisotopic (exact) mass is 321 g/mol. The molecular weight excluding hydrogens is 306 g/mol. The van der Waals surface area contributed by atoms with Crippen molar-refractivity contribution in [1.29, 1.82) is 0 Å². The minimum atomic E-state index is -0.841. The van der Waals surface area contributed by atoms with Gasteiger partial charge in [-0.05, 0) is 24.6 Å². The number of amides is 1. The SMILES string of the molecule is Cl.O=C(O)C1CCN(C(=O)/C=C/c2cc3ccccc3o2)C1. The summed E-state index contributed by atoms with van der Waals surface area (Å²) < 4.78 is 5.59. The Balaban J connectivity index is 0.00000176. The summed E-state index contributed by atoms with van der Waals surface area (Å²) in [6.45, 7) is 0.763. The maximum atomic E-state index is 12.0. The van der Waals surface area contributed by atoms with Gasteiger partial charge in [0.25, 0.3) is 0 Å². The number of fused-ring (bicyclic) bond motifs is 1. The summed E-state index contributed by atoms with van der Waals surface area (Å²) >= 11 is 0. The fourth-order valence-corrected chi connectivity index (χ4v) is 2.51. The van der Waals surface area contributed by atoms with E-state index in [1.54, 1.807) is 11.0 Å². The van der Waals surface area contributed by atoms with Crippen molar-refractivity contribution in [2.75, 3.05) is 13.1 Å². The van der Waals surface area contributed by atoms with Crippen LogP contribution in [0.2, 0.25) is 0 Å². The van der Waals surface area contributed by atoms with Crippen LogP contribution in [0.5, 0.6) is 0 Å². The van der Waals surface area contributed by atoms with Gasteiger partial charge < -0.3 is 14.4 Å². The van der Waals surface area contributed by atoms with Crippen LogP contribution in [-0.2, 0) is 9.59 Å². The number of rotatable bonds is 3. The third-order valence-corrected chi connectivity index (χ3v) is 3.68. The summed E-state index contributed by atoms with van der Waals surface area (Å²) in [6.07, 6.45) is 3.57. The topological polar surface area (TPSA) is 70.8 Å². The molecule has 0 saturated carbocycles. The first-order valence-electron chi connectivity index (χ1n) is 6.82. The average molecular weight is 322 g/mol. The predicted octanol–water partition coefficient (Wildman–Crippen LogP) is 2.80. The maximum Gasteiger partial charge on any atom is 0.308 e. The van der Waals surface area contributed by atoms with Crippen LogP contribution < -0.4 is 0 Å². The molecule has 1 aliphatic heterocycles. The van der Waals surface area contributed by atoms with E-state index in [4.69, 9.17) is 9.52 Å². The fourth-order valence-electron chi connectivity index (χ4n) is 2.51. The van der Waals surface area contributed by atoms with Gasteiger partial charge in [0.2, 0.25) is 5.91 Å². The van der Waals surface area contributed by atoms with Gasteiger partial charge in [0.15, 0.2) is 0 Å². The van der Waals surface area contributed by atoms with Crippen molar-refractivity contribution in [3.05, 3.63) is 42.2 Å². The van der Waals surface area contributed by atoms with Crippen LogP contribution >= 0.6 is 12.4 Å². The molecule has 0 spiro atoms. The molecule has 1 unspecified atom stereocenters. The molecule has 5 nitrogen and oxygen atoms in total. The van der Waals surface area contributed by atoms with Gasteiger partial charge >= 0.3 is 5.97 Å². The maximum absolute atomic E-state index is 12.0. The van der Waals surface area contributed by atoms with E-state index in [9.17, 15) is 9.59 Å². The summed E-state index contributed by atoms with van der Waals surface area (Å²) in [7, 11) is 0. The molecule has 0 radical (unpaired) electrons. The minimum absolute atomic E-state index is 0. The summed E-state index contributed by atoms with van der Waals surface area (Å²) in [5.74, 6) is -0.863. The third kappa shape index (κ3) is 3.31. The first kappa shape index (κ1) is 16.1. The van der Waals surface area contributed by atoms with Gasteiger partial charge in [-0.15, -0.1) is 12.4 Å². The van der Waals surface area contributed by atoms with Crippen LogP contribution in [0.1, 0.15) is 12.2 Å². The molecule has 116 valence electrons. The molecule has 3 rings (SSSR count). The van der Waals surface area contributed by atoms with E-state index in [0.29, 0.717) is 18.7 Å². The zero-order chi connectivity index (χ0) is 14.8. The number of aliphatic carboxylic acids is 1. The molecular formula is C16H16ClNO4. The summed E-state index contributed by atoms with van der Waals surface area (Å²) in [5, 5.41) is 9.91. The lowest BCUT2D eigenvalue weighted by Gasteiger charge is -2.12. The van der Waals surface area contributed by atoms with Crippen molar-refractivity contribution in [3.63, 3.8) is 0 Å². The number of nitrogens with zero attached hydrogens (tertiary/aromatic N) is 1. The number of carbonyl (C=O) groups is 2. The predicted molar refractivity (Wildman–Crippen MR) is 84.8 cm³/mol. The second-order valence-electron chi connectivity index (χ2n) is 5.13. The van der Waals surface area contributed by atoms with Crippen molar-refractivity contribution in [2.45, 2.75) is 6.42 Å². The highest BCUT2D eigenvalue weighted by molar-refractivity contribution is 5.92. The molecule has 6 heteroatoms. The molecule has 1 N–H and O–H groups in total. The van der Waals surface area contributed by atoms with Crippen LogP contribution in [0, 0.1) is 5.92 Å². The van der Waals surface area contributed by atoms with Crippen molar-refractivity contribution in [3.8, 4) is 0 Å². The zero-order valence-electron chi connectivity index (χ0n) is 11.8. The van der Waals surface area contributed by atoms with E-state index in [2.05, 4.69) is 0 Å². The Morgan fingerprint density at radius 1 is 1.32 bits per heavy atom. The van der Waals surface area contributed by atoms with Gasteiger partial charge in [-0.2, -0.15) is 0 Å². The van der Waals surface area contributed by atoms with E-state index in [0.717, 1.165) is 11.0 Å². The van der Waals surface area contributed by atoms with Gasteiger partial charge in [0.05, 0.1) is 5.92 Å². The Morgan fingerprint density at radius 3 is 2.77 bits per heavy atom. The van der Waals surface area contributed by atoms with Crippen molar-refractivity contribution >= 4 is 41.3 Å². The lowest BCUT2D eigenvalue weighted by atomic mass is 10.1. The smallest absolute Gasteiger partial charge is 0.308 e.